The van der Waals surface area contributed by atoms with Crippen molar-refractivity contribution in [1.29, 1.82) is 0 Å². The lowest BCUT2D eigenvalue weighted by Gasteiger charge is -2.42. The second-order valence-corrected chi connectivity index (χ2v) is 12.7. The Morgan fingerprint density at radius 3 is 2.26 bits per heavy atom. The summed E-state index contributed by atoms with van der Waals surface area (Å²) in [4.78, 5) is 16.7. The van der Waals surface area contributed by atoms with Crippen LogP contribution in [0.1, 0.15) is 74.4 Å². The molecule has 4 fully saturated rings. The summed E-state index contributed by atoms with van der Waals surface area (Å²) < 4.78 is 7.64. The third-order valence-corrected chi connectivity index (χ3v) is 10.2. The monoisotopic (exact) mass is 535 g/mol. The predicted octanol–water partition coefficient (Wildman–Crippen LogP) is 4.64. The third kappa shape index (κ3) is 5.35. The first-order valence-corrected chi connectivity index (χ1v) is 15.7. The van der Waals surface area contributed by atoms with E-state index in [2.05, 4.69) is 43.4 Å². The summed E-state index contributed by atoms with van der Waals surface area (Å²) in [6.07, 6.45) is 14.8. The van der Waals surface area contributed by atoms with Crippen LogP contribution in [0.15, 0.2) is 17.8 Å². The summed E-state index contributed by atoms with van der Waals surface area (Å²) in [5.41, 5.74) is 2.45. The average Bonchev–Trinajstić information content (AvgIpc) is 3.59. The second-order valence-electron chi connectivity index (χ2n) is 11.9. The number of piperazine rings is 1. The van der Waals surface area contributed by atoms with Crippen molar-refractivity contribution in [1.82, 2.24) is 29.5 Å². The molecule has 204 valence electrons. The molecular weight excluding hydrogens is 494 g/mol. The number of fused-ring (bicyclic) bond motifs is 1. The highest BCUT2D eigenvalue weighted by atomic mass is 32.1. The zero-order valence-electron chi connectivity index (χ0n) is 22.6. The fraction of sp³-hybridized carbons (Fsp3) is 0.690. The first kappa shape index (κ1) is 24.9. The van der Waals surface area contributed by atoms with Gasteiger partial charge in [0.2, 0.25) is 0 Å². The smallest absolute Gasteiger partial charge is 0.139 e. The highest BCUT2D eigenvalue weighted by molar-refractivity contribution is 7.17. The molecule has 9 heteroatoms. The summed E-state index contributed by atoms with van der Waals surface area (Å²) in [6.45, 7) is 8.90. The van der Waals surface area contributed by atoms with Crippen molar-refractivity contribution in [3.8, 4) is 0 Å². The summed E-state index contributed by atoms with van der Waals surface area (Å²) >= 11 is 1.73. The highest BCUT2D eigenvalue weighted by Crippen LogP contribution is 2.34. The SMILES string of the molecule is Cc1csc2nc(Cc3cnn(C4CCOCC4)c3)nc(NC3CCC(N4CCN(C5CC5)CC4)CC3)c12. The van der Waals surface area contributed by atoms with E-state index in [4.69, 9.17) is 14.7 Å². The van der Waals surface area contributed by atoms with E-state index in [0.29, 0.717) is 18.5 Å². The van der Waals surface area contributed by atoms with E-state index in [1.807, 2.05) is 6.20 Å². The highest BCUT2D eigenvalue weighted by Gasteiger charge is 2.34. The molecule has 0 unspecified atom stereocenters. The van der Waals surface area contributed by atoms with Gasteiger partial charge >= 0.3 is 0 Å². The van der Waals surface area contributed by atoms with Gasteiger partial charge < -0.3 is 10.1 Å². The molecule has 0 bridgehead atoms. The second kappa shape index (κ2) is 10.8. The Hall–Kier alpha value is -2.07. The van der Waals surface area contributed by atoms with Gasteiger partial charge in [0.05, 0.1) is 17.6 Å². The van der Waals surface area contributed by atoms with Crippen molar-refractivity contribution < 1.29 is 4.74 Å². The molecule has 4 aliphatic rings. The molecule has 3 aromatic heterocycles. The van der Waals surface area contributed by atoms with E-state index >= 15 is 0 Å². The molecule has 1 N–H and O–H groups in total. The third-order valence-electron chi connectivity index (χ3n) is 9.21. The Bertz CT molecular complexity index is 1230. The first-order chi connectivity index (χ1) is 18.7. The van der Waals surface area contributed by atoms with Crippen molar-refractivity contribution in [3.05, 3.63) is 34.7 Å². The number of hydrogen-bond acceptors (Lipinski definition) is 8. The van der Waals surface area contributed by atoms with Gasteiger partial charge in [-0.25, -0.2) is 9.97 Å². The van der Waals surface area contributed by atoms with Gasteiger partial charge in [-0.05, 0) is 74.8 Å². The Labute approximate surface area is 229 Å². The molecule has 5 heterocycles. The van der Waals surface area contributed by atoms with Crippen LogP contribution in [-0.4, -0.2) is 87.1 Å². The molecule has 2 saturated carbocycles. The Kier molecular flexibility index (Phi) is 7.11. The van der Waals surface area contributed by atoms with E-state index in [1.54, 1.807) is 11.3 Å². The van der Waals surface area contributed by atoms with E-state index in [1.165, 1.54) is 81.2 Å². The van der Waals surface area contributed by atoms with Gasteiger partial charge in [-0.3, -0.25) is 14.5 Å². The van der Waals surface area contributed by atoms with Crippen molar-refractivity contribution in [2.24, 2.45) is 0 Å². The maximum Gasteiger partial charge on any atom is 0.139 e. The number of nitrogens with one attached hydrogen (secondary N) is 1. The summed E-state index contributed by atoms with van der Waals surface area (Å²) in [5.74, 6) is 1.91. The molecule has 38 heavy (non-hydrogen) atoms. The van der Waals surface area contributed by atoms with E-state index in [9.17, 15) is 0 Å². The molecule has 0 atom stereocenters. The Balaban J connectivity index is 1.00. The van der Waals surface area contributed by atoms with E-state index in [0.717, 1.165) is 54.6 Å². The predicted molar refractivity (Wildman–Crippen MR) is 152 cm³/mol. The van der Waals surface area contributed by atoms with Crippen LogP contribution in [0, 0.1) is 6.92 Å². The molecule has 0 aromatic carbocycles. The number of ether oxygens (including phenoxy) is 1. The Morgan fingerprint density at radius 2 is 1.58 bits per heavy atom. The van der Waals surface area contributed by atoms with Gasteiger partial charge in [0.25, 0.3) is 0 Å². The van der Waals surface area contributed by atoms with Crippen LogP contribution >= 0.6 is 11.3 Å². The maximum atomic E-state index is 5.52. The van der Waals surface area contributed by atoms with Gasteiger partial charge in [-0.1, -0.05) is 0 Å². The molecular formula is C29H41N7OS. The molecule has 0 amide bonds. The van der Waals surface area contributed by atoms with Crippen LogP contribution in [-0.2, 0) is 11.2 Å². The number of nitrogens with zero attached hydrogens (tertiary/aromatic N) is 6. The number of rotatable bonds is 7. The van der Waals surface area contributed by atoms with Gasteiger partial charge in [0.15, 0.2) is 0 Å². The first-order valence-electron chi connectivity index (χ1n) is 14.8. The molecule has 8 nitrogen and oxygen atoms in total. The number of hydrogen-bond donors (Lipinski definition) is 1. The van der Waals surface area contributed by atoms with Crippen LogP contribution in [0.3, 0.4) is 0 Å². The lowest BCUT2D eigenvalue weighted by molar-refractivity contribution is 0.0662. The maximum absolute atomic E-state index is 5.52. The summed E-state index contributed by atoms with van der Waals surface area (Å²) in [7, 11) is 0. The molecule has 2 aliphatic carbocycles. The van der Waals surface area contributed by atoms with Crippen molar-refractivity contribution >= 4 is 27.4 Å². The minimum Gasteiger partial charge on any atom is -0.381 e. The van der Waals surface area contributed by atoms with E-state index in [-0.39, 0.29) is 0 Å². The van der Waals surface area contributed by atoms with Gasteiger partial charge in [-0.2, -0.15) is 5.10 Å². The van der Waals surface area contributed by atoms with Crippen LogP contribution in [0.25, 0.3) is 10.2 Å². The lowest BCUT2D eigenvalue weighted by Crippen LogP contribution is -2.52. The van der Waals surface area contributed by atoms with Crippen molar-refractivity contribution in [2.45, 2.75) is 88.9 Å². The normalized spacial score (nSPS) is 26.2. The topological polar surface area (TPSA) is 71.3 Å². The largest absolute Gasteiger partial charge is 0.381 e. The molecule has 3 aromatic rings. The number of aromatic nitrogens is 4. The average molecular weight is 536 g/mol. The van der Waals surface area contributed by atoms with E-state index < -0.39 is 0 Å². The minimum atomic E-state index is 0.440. The minimum absolute atomic E-state index is 0.440. The van der Waals surface area contributed by atoms with Crippen molar-refractivity contribution in [3.63, 3.8) is 0 Å². The number of thiophene rings is 1. The Morgan fingerprint density at radius 1 is 0.895 bits per heavy atom. The fourth-order valence-electron chi connectivity index (χ4n) is 6.80. The summed E-state index contributed by atoms with van der Waals surface area (Å²) in [6, 6.07) is 2.59. The number of anilines is 1. The van der Waals surface area contributed by atoms with Crippen LogP contribution in [0.5, 0.6) is 0 Å². The van der Waals surface area contributed by atoms with Crippen LogP contribution < -0.4 is 5.32 Å². The van der Waals surface area contributed by atoms with Crippen LogP contribution in [0.4, 0.5) is 5.82 Å². The molecule has 2 saturated heterocycles. The number of aryl methyl sites for hydroxylation is 1. The standard InChI is InChI=1S/C29H41N7OS/c1-20-19-38-29-27(20)28(32-26(33-29)16-21-17-30-36(18-21)25-8-14-37-15-9-25)31-22-2-4-23(5-3-22)34-10-12-35(13-11-34)24-6-7-24/h17-19,22-25H,2-16H2,1H3,(H,31,32,33). The van der Waals surface area contributed by atoms with Gasteiger partial charge in [0.1, 0.15) is 16.5 Å². The molecule has 0 spiro atoms. The lowest BCUT2D eigenvalue weighted by atomic mass is 9.89. The van der Waals surface area contributed by atoms with Crippen LogP contribution in [0.2, 0.25) is 0 Å². The molecule has 0 radical (unpaired) electrons. The molecule has 7 rings (SSSR count). The molecule has 2 aliphatic heterocycles. The fourth-order valence-corrected chi connectivity index (χ4v) is 7.74. The zero-order chi connectivity index (χ0) is 25.5. The van der Waals surface area contributed by atoms with Crippen molar-refractivity contribution in [2.75, 3.05) is 44.7 Å². The van der Waals surface area contributed by atoms with Gasteiger partial charge in [-0.15, -0.1) is 11.3 Å². The quantitative estimate of drug-likeness (QED) is 0.473. The van der Waals surface area contributed by atoms with Gasteiger partial charge in [0, 0.05) is 70.1 Å². The zero-order valence-corrected chi connectivity index (χ0v) is 23.5. The summed E-state index contributed by atoms with van der Waals surface area (Å²) in [5, 5.41) is 12.0.